The van der Waals surface area contributed by atoms with Crippen LogP contribution in [0.15, 0.2) is 33.2 Å². The van der Waals surface area contributed by atoms with Gasteiger partial charge < -0.3 is 5.32 Å². The molecule has 15 heavy (non-hydrogen) atoms. The fourth-order valence-corrected chi connectivity index (χ4v) is 3.25. The monoisotopic (exact) mass is 325 g/mol. The topological polar surface area (TPSA) is 29.1 Å². The van der Waals surface area contributed by atoms with E-state index in [0.29, 0.717) is 0 Å². The van der Waals surface area contributed by atoms with Gasteiger partial charge in [0, 0.05) is 31.0 Å². The lowest BCUT2D eigenvalue weighted by Crippen LogP contribution is -2.03. The molecule has 0 aliphatic carbocycles. The first-order valence-corrected chi connectivity index (χ1v) is 5.99. The van der Waals surface area contributed by atoms with Crippen molar-refractivity contribution >= 4 is 54.2 Å². The standard InChI is InChI=1S/C11H5Br2NO/c12-6-2-1-5-9-8(14-11(5)15)4-3-7(13)10(6)9/h1-4H,(H,14,15). The van der Waals surface area contributed by atoms with E-state index < -0.39 is 0 Å². The molecule has 3 rings (SSSR count). The van der Waals surface area contributed by atoms with Gasteiger partial charge in [-0.05, 0) is 24.3 Å². The normalized spacial score (nSPS) is 13.3. The molecule has 1 aliphatic heterocycles. The van der Waals surface area contributed by atoms with Gasteiger partial charge in [0.2, 0.25) is 0 Å². The van der Waals surface area contributed by atoms with Crippen LogP contribution in [0.25, 0.3) is 10.8 Å². The number of anilines is 1. The van der Waals surface area contributed by atoms with Gasteiger partial charge in [-0.2, -0.15) is 0 Å². The van der Waals surface area contributed by atoms with E-state index in [1.165, 1.54) is 0 Å². The summed E-state index contributed by atoms with van der Waals surface area (Å²) in [6.45, 7) is 0. The molecule has 0 radical (unpaired) electrons. The van der Waals surface area contributed by atoms with Crippen LogP contribution in [0, 0.1) is 0 Å². The Labute approximate surface area is 103 Å². The second kappa shape index (κ2) is 3.06. The molecule has 4 heteroatoms. The smallest absolute Gasteiger partial charge is 0.256 e. The summed E-state index contributed by atoms with van der Waals surface area (Å²) in [5, 5.41) is 4.88. The van der Waals surface area contributed by atoms with Crippen molar-refractivity contribution in [1.82, 2.24) is 0 Å². The molecule has 0 unspecified atom stereocenters. The molecule has 2 aromatic rings. The Hall–Kier alpha value is -0.870. The summed E-state index contributed by atoms with van der Waals surface area (Å²) in [6.07, 6.45) is 0. The molecular formula is C11H5Br2NO. The lowest BCUT2D eigenvalue weighted by atomic mass is 10.1. The predicted octanol–water partition coefficient (Wildman–Crippen LogP) is 3.93. The molecule has 1 heterocycles. The number of hydrogen-bond acceptors (Lipinski definition) is 1. The molecule has 1 amide bonds. The fourth-order valence-electron chi connectivity index (χ4n) is 1.90. The molecular weight excluding hydrogens is 322 g/mol. The van der Waals surface area contributed by atoms with Gasteiger partial charge in [-0.25, -0.2) is 0 Å². The summed E-state index contributed by atoms with van der Waals surface area (Å²) in [4.78, 5) is 11.6. The summed E-state index contributed by atoms with van der Waals surface area (Å²) in [6, 6.07) is 7.59. The third-order valence-corrected chi connectivity index (χ3v) is 3.87. The molecule has 74 valence electrons. The van der Waals surface area contributed by atoms with Gasteiger partial charge in [0.05, 0.1) is 0 Å². The van der Waals surface area contributed by atoms with E-state index in [9.17, 15) is 4.79 Å². The third kappa shape index (κ3) is 1.18. The Morgan fingerprint density at radius 2 is 1.60 bits per heavy atom. The Morgan fingerprint density at radius 3 is 2.33 bits per heavy atom. The van der Waals surface area contributed by atoms with Gasteiger partial charge in [-0.15, -0.1) is 0 Å². The summed E-state index contributed by atoms with van der Waals surface area (Å²) in [7, 11) is 0. The van der Waals surface area contributed by atoms with Crippen molar-refractivity contribution in [1.29, 1.82) is 0 Å². The van der Waals surface area contributed by atoms with Crippen LogP contribution in [-0.2, 0) is 0 Å². The molecule has 0 saturated carbocycles. The van der Waals surface area contributed by atoms with Crippen molar-refractivity contribution in [3.63, 3.8) is 0 Å². The zero-order valence-corrected chi connectivity index (χ0v) is 10.6. The minimum absolute atomic E-state index is 0.0272. The van der Waals surface area contributed by atoms with Gasteiger partial charge >= 0.3 is 0 Å². The van der Waals surface area contributed by atoms with E-state index in [1.54, 1.807) is 0 Å². The summed E-state index contributed by atoms with van der Waals surface area (Å²) in [5.41, 5.74) is 1.62. The van der Waals surface area contributed by atoms with E-state index in [4.69, 9.17) is 0 Å². The van der Waals surface area contributed by atoms with Crippen molar-refractivity contribution in [3.05, 3.63) is 38.8 Å². The van der Waals surface area contributed by atoms with Crippen LogP contribution >= 0.6 is 31.9 Å². The molecule has 0 bridgehead atoms. The van der Waals surface area contributed by atoms with Crippen molar-refractivity contribution in [2.24, 2.45) is 0 Å². The molecule has 0 fully saturated rings. The average molecular weight is 327 g/mol. The quantitative estimate of drug-likeness (QED) is 0.780. The van der Waals surface area contributed by atoms with Crippen LogP contribution < -0.4 is 5.32 Å². The first kappa shape index (κ1) is 9.36. The van der Waals surface area contributed by atoms with Crippen LogP contribution in [0.2, 0.25) is 0 Å². The first-order valence-electron chi connectivity index (χ1n) is 4.40. The third-order valence-electron chi connectivity index (χ3n) is 2.55. The molecule has 0 aromatic heterocycles. The molecule has 0 spiro atoms. The van der Waals surface area contributed by atoms with E-state index in [1.807, 2.05) is 24.3 Å². The van der Waals surface area contributed by atoms with Crippen molar-refractivity contribution < 1.29 is 4.79 Å². The summed E-state index contributed by atoms with van der Waals surface area (Å²) >= 11 is 6.99. The maximum Gasteiger partial charge on any atom is 0.256 e. The van der Waals surface area contributed by atoms with Crippen LogP contribution in [0.5, 0.6) is 0 Å². The van der Waals surface area contributed by atoms with Crippen LogP contribution in [0.1, 0.15) is 10.4 Å². The molecule has 0 atom stereocenters. The maximum absolute atomic E-state index is 11.6. The second-order valence-electron chi connectivity index (χ2n) is 3.39. The number of benzene rings is 2. The molecule has 1 aliphatic rings. The number of hydrogen-bond donors (Lipinski definition) is 1. The molecule has 2 nitrogen and oxygen atoms in total. The van der Waals surface area contributed by atoms with Crippen LogP contribution in [0.4, 0.5) is 5.69 Å². The van der Waals surface area contributed by atoms with Crippen LogP contribution in [-0.4, -0.2) is 5.91 Å². The number of rotatable bonds is 0. The Balaban J connectivity index is 2.61. The lowest BCUT2D eigenvalue weighted by Gasteiger charge is -2.04. The van der Waals surface area contributed by atoms with E-state index in [2.05, 4.69) is 37.2 Å². The Bertz CT molecular complexity index is 599. The Kier molecular flexibility index (Phi) is 1.91. The van der Waals surface area contributed by atoms with Gasteiger partial charge in [0.1, 0.15) is 0 Å². The highest BCUT2D eigenvalue weighted by atomic mass is 79.9. The van der Waals surface area contributed by atoms with Crippen molar-refractivity contribution in [3.8, 4) is 0 Å². The van der Waals surface area contributed by atoms with E-state index >= 15 is 0 Å². The highest BCUT2D eigenvalue weighted by molar-refractivity contribution is 9.11. The van der Waals surface area contributed by atoms with Gasteiger partial charge in [-0.3, -0.25) is 4.79 Å². The largest absolute Gasteiger partial charge is 0.321 e. The van der Waals surface area contributed by atoms with E-state index in [-0.39, 0.29) is 5.91 Å². The van der Waals surface area contributed by atoms with Crippen LogP contribution in [0.3, 0.4) is 0 Å². The highest BCUT2D eigenvalue weighted by Crippen LogP contribution is 2.40. The van der Waals surface area contributed by atoms with Gasteiger partial charge in [0.25, 0.3) is 5.91 Å². The number of carbonyl (C=O) groups excluding carboxylic acids is 1. The summed E-state index contributed by atoms with van der Waals surface area (Å²) in [5.74, 6) is -0.0272. The molecule has 1 N–H and O–H groups in total. The minimum Gasteiger partial charge on any atom is -0.321 e. The minimum atomic E-state index is -0.0272. The summed E-state index contributed by atoms with van der Waals surface area (Å²) < 4.78 is 1.98. The number of nitrogens with one attached hydrogen (secondary N) is 1. The Morgan fingerprint density at radius 1 is 0.933 bits per heavy atom. The number of carbonyl (C=O) groups is 1. The van der Waals surface area contributed by atoms with E-state index in [0.717, 1.165) is 31.0 Å². The number of amides is 1. The second-order valence-corrected chi connectivity index (χ2v) is 5.10. The SMILES string of the molecule is O=C1Nc2ccc(Br)c3c(Br)ccc1c23. The van der Waals surface area contributed by atoms with Gasteiger partial charge in [-0.1, -0.05) is 31.9 Å². The van der Waals surface area contributed by atoms with Gasteiger partial charge in [0.15, 0.2) is 0 Å². The number of halogens is 2. The van der Waals surface area contributed by atoms with Crippen molar-refractivity contribution in [2.75, 3.05) is 5.32 Å². The lowest BCUT2D eigenvalue weighted by molar-refractivity contribution is 0.103. The average Bonchev–Trinajstić information content (AvgIpc) is 2.52. The zero-order chi connectivity index (χ0) is 10.6. The fraction of sp³-hybridized carbons (Fsp3) is 0. The highest BCUT2D eigenvalue weighted by Gasteiger charge is 2.23. The first-order chi connectivity index (χ1) is 7.18. The zero-order valence-electron chi connectivity index (χ0n) is 7.47. The molecule has 2 aromatic carbocycles. The predicted molar refractivity (Wildman–Crippen MR) is 67.3 cm³/mol. The molecule has 0 saturated heterocycles. The maximum atomic E-state index is 11.6. The van der Waals surface area contributed by atoms with Crippen molar-refractivity contribution in [2.45, 2.75) is 0 Å².